The van der Waals surface area contributed by atoms with Gasteiger partial charge in [0.15, 0.2) is 0 Å². The Morgan fingerprint density at radius 3 is 2.39 bits per heavy atom. The number of ether oxygens (including phenoxy) is 2. The molecule has 1 aromatic carbocycles. The third kappa shape index (κ3) is 3.58. The molecule has 0 atom stereocenters. The molecule has 18 heavy (non-hydrogen) atoms. The molecular formula is C12H13ClN2O2S. The Bertz CT molecular complexity index is 487. The van der Waals surface area contributed by atoms with E-state index < -0.39 is 0 Å². The Kier molecular flexibility index (Phi) is 4.78. The van der Waals surface area contributed by atoms with Crippen molar-refractivity contribution in [2.45, 2.75) is 20.0 Å². The van der Waals surface area contributed by atoms with E-state index in [0.29, 0.717) is 16.6 Å². The number of hydrogen-bond acceptors (Lipinski definition) is 5. The summed E-state index contributed by atoms with van der Waals surface area (Å²) in [5, 5.41) is 3.88. The summed E-state index contributed by atoms with van der Waals surface area (Å²) in [5.74, 6) is 1.60. The molecule has 4 nitrogen and oxygen atoms in total. The predicted octanol–water partition coefficient (Wildman–Crippen LogP) is 3.56. The highest BCUT2D eigenvalue weighted by Gasteiger charge is 2.05. The van der Waals surface area contributed by atoms with Crippen LogP contribution in [-0.4, -0.2) is 16.2 Å². The second-order valence-electron chi connectivity index (χ2n) is 3.60. The fraction of sp³-hybridized carbons (Fsp3) is 0.333. The summed E-state index contributed by atoms with van der Waals surface area (Å²) in [6, 6.07) is 7.48. The van der Waals surface area contributed by atoms with Crippen molar-refractivity contribution in [3.05, 3.63) is 34.3 Å². The Morgan fingerprint density at radius 1 is 1.17 bits per heavy atom. The zero-order chi connectivity index (χ0) is 12.8. The lowest BCUT2D eigenvalue weighted by molar-refractivity contribution is 0.297. The average molecular weight is 285 g/mol. The van der Waals surface area contributed by atoms with Crippen LogP contribution >= 0.6 is 23.1 Å². The van der Waals surface area contributed by atoms with Crippen molar-refractivity contribution in [3.8, 4) is 11.5 Å². The molecular weight excluding hydrogens is 272 g/mol. The quantitative estimate of drug-likeness (QED) is 0.813. The van der Waals surface area contributed by atoms with Crippen molar-refractivity contribution in [1.29, 1.82) is 0 Å². The van der Waals surface area contributed by atoms with E-state index >= 15 is 0 Å². The first-order chi connectivity index (χ1) is 8.79. The first-order valence-electron chi connectivity index (χ1n) is 5.62. The monoisotopic (exact) mass is 284 g/mol. The van der Waals surface area contributed by atoms with Gasteiger partial charge in [-0.3, -0.25) is 0 Å². The van der Waals surface area contributed by atoms with E-state index in [9.17, 15) is 0 Å². The summed E-state index contributed by atoms with van der Waals surface area (Å²) < 4.78 is 15.3. The highest BCUT2D eigenvalue weighted by atomic mass is 35.5. The molecule has 0 aliphatic heterocycles. The van der Waals surface area contributed by atoms with Gasteiger partial charge in [-0.05, 0) is 30.7 Å². The molecule has 0 aliphatic carbocycles. The summed E-state index contributed by atoms with van der Waals surface area (Å²) in [7, 11) is 0. The Morgan fingerprint density at radius 2 is 1.83 bits per heavy atom. The summed E-state index contributed by atoms with van der Waals surface area (Å²) >= 11 is 7.04. The topological polar surface area (TPSA) is 44.2 Å². The van der Waals surface area contributed by atoms with Gasteiger partial charge in [0.1, 0.15) is 28.1 Å². The van der Waals surface area contributed by atoms with E-state index in [1.165, 1.54) is 0 Å². The van der Waals surface area contributed by atoms with Gasteiger partial charge in [0.25, 0.3) is 0 Å². The SMILES string of the molecule is CCCOc1ccc(OCc2nnsc2Cl)cc1. The van der Waals surface area contributed by atoms with Crippen LogP contribution in [-0.2, 0) is 6.61 Å². The Balaban J connectivity index is 1.88. The van der Waals surface area contributed by atoms with E-state index in [-0.39, 0.29) is 0 Å². The molecule has 0 radical (unpaired) electrons. The van der Waals surface area contributed by atoms with Gasteiger partial charge in [0.2, 0.25) is 0 Å². The summed E-state index contributed by atoms with van der Waals surface area (Å²) in [5.41, 5.74) is 0.660. The van der Waals surface area contributed by atoms with E-state index in [1.54, 1.807) is 0 Å². The number of nitrogens with zero attached hydrogens (tertiary/aromatic N) is 2. The highest BCUT2D eigenvalue weighted by molar-refractivity contribution is 7.10. The van der Waals surface area contributed by atoms with E-state index in [4.69, 9.17) is 21.1 Å². The fourth-order valence-electron chi connectivity index (χ4n) is 1.29. The molecule has 0 unspecified atom stereocenters. The van der Waals surface area contributed by atoms with Crippen molar-refractivity contribution >= 4 is 23.1 Å². The van der Waals surface area contributed by atoms with Crippen LogP contribution in [0.2, 0.25) is 4.34 Å². The molecule has 0 aliphatic rings. The minimum absolute atomic E-state index is 0.324. The minimum atomic E-state index is 0.324. The predicted molar refractivity (Wildman–Crippen MR) is 71.5 cm³/mol. The molecule has 0 saturated heterocycles. The molecule has 0 saturated carbocycles. The van der Waals surface area contributed by atoms with Gasteiger partial charge in [-0.25, -0.2) is 0 Å². The maximum atomic E-state index is 5.88. The third-order valence-corrected chi connectivity index (χ3v) is 3.17. The van der Waals surface area contributed by atoms with Crippen LogP contribution in [0.15, 0.2) is 24.3 Å². The van der Waals surface area contributed by atoms with Crippen LogP contribution in [0.1, 0.15) is 19.0 Å². The Labute approximate surface area is 115 Å². The molecule has 1 aromatic heterocycles. The standard InChI is InChI=1S/C12H13ClN2O2S/c1-2-7-16-9-3-5-10(6-4-9)17-8-11-12(13)18-15-14-11/h3-6H,2,7-8H2,1H3. The van der Waals surface area contributed by atoms with Crippen molar-refractivity contribution in [1.82, 2.24) is 9.59 Å². The van der Waals surface area contributed by atoms with Crippen molar-refractivity contribution in [2.75, 3.05) is 6.61 Å². The van der Waals surface area contributed by atoms with Crippen LogP contribution < -0.4 is 9.47 Å². The molecule has 2 rings (SSSR count). The fourth-order valence-corrected chi connectivity index (χ4v) is 1.89. The lowest BCUT2D eigenvalue weighted by Crippen LogP contribution is -1.97. The van der Waals surface area contributed by atoms with Gasteiger partial charge in [0, 0.05) is 11.5 Å². The summed E-state index contributed by atoms with van der Waals surface area (Å²) in [6.07, 6.45) is 0.994. The molecule has 0 fully saturated rings. The molecule has 0 bridgehead atoms. The largest absolute Gasteiger partial charge is 0.494 e. The maximum absolute atomic E-state index is 5.88. The van der Waals surface area contributed by atoms with E-state index in [1.807, 2.05) is 24.3 Å². The van der Waals surface area contributed by atoms with Crippen molar-refractivity contribution < 1.29 is 9.47 Å². The second kappa shape index (κ2) is 6.56. The zero-order valence-corrected chi connectivity index (χ0v) is 11.5. The molecule has 0 spiro atoms. The summed E-state index contributed by atoms with van der Waals surface area (Å²) in [6.45, 7) is 3.12. The van der Waals surface area contributed by atoms with Gasteiger partial charge in [-0.2, -0.15) is 0 Å². The highest BCUT2D eigenvalue weighted by Crippen LogP contribution is 2.21. The number of halogens is 1. The molecule has 0 N–H and O–H groups in total. The van der Waals surface area contributed by atoms with Crippen LogP contribution in [0.4, 0.5) is 0 Å². The lowest BCUT2D eigenvalue weighted by Gasteiger charge is -2.07. The van der Waals surface area contributed by atoms with E-state index in [2.05, 4.69) is 16.5 Å². The average Bonchev–Trinajstić information content (AvgIpc) is 2.81. The molecule has 6 heteroatoms. The van der Waals surface area contributed by atoms with Crippen LogP contribution in [0.5, 0.6) is 11.5 Å². The summed E-state index contributed by atoms with van der Waals surface area (Å²) in [4.78, 5) is 0. The second-order valence-corrected chi connectivity index (χ2v) is 4.96. The first-order valence-corrected chi connectivity index (χ1v) is 6.77. The normalized spacial score (nSPS) is 10.3. The third-order valence-electron chi connectivity index (χ3n) is 2.18. The van der Waals surface area contributed by atoms with Gasteiger partial charge in [-0.15, -0.1) is 5.10 Å². The Hall–Kier alpha value is -1.33. The van der Waals surface area contributed by atoms with Gasteiger partial charge < -0.3 is 9.47 Å². The van der Waals surface area contributed by atoms with Gasteiger partial charge in [-0.1, -0.05) is 23.0 Å². The van der Waals surface area contributed by atoms with Crippen molar-refractivity contribution in [3.63, 3.8) is 0 Å². The van der Waals surface area contributed by atoms with Crippen LogP contribution in [0.25, 0.3) is 0 Å². The number of aromatic nitrogens is 2. The molecule has 96 valence electrons. The maximum Gasteiger partial charge on any atom is 0.141 e. The van der Waals surface area contributed by atoms with Crippen LogP contribution in [0, 0.1) is 0 Å². The molecule has 1 heterocycles. The van der Waals surface area contributed by atoms with Gasteiger partial charge in [0.05, 0.1) is 6.61 Å². The smallest absolute Gasteiger partial charge is 0.141 e. The zero-order valence-electron chi connectivity index (χ0n) is 9.93. The van der Waals surface area contributed by atoms with Crippen molar-refractivity contribution in [2.24, 2.45) is 0 Å². The minimum Gasteiger partial charge on any atom is -0.494 e. The first kappa shape index (κ1) is 13.1. The number of hydrogen-bond donors (Lipinski definition) is 0. The molecule has 2 aromatic rings. The number of benzene rings is 1. The van der Waals surface area contributed by atoms with Crippen LogP contribution in [0.3, 0.4) is 0 Å². The molecule has 0 amide bonds. The lowest BCUT2D eigenvalue weighted by atomic mass is 10.3. The van der Waals surface area contributed by atoms with E-state index in [0.717, 1.165) is 36.1 Å². The van der Waals surface area contributed by atoms with Gasteiger partial charge >= 0.3 is 0 Å². The number of rotatable bonds is 6.